The van der Waals surface area contributed by atoms with Crippen molar-refractivity contribution in [2.45, 2.75) is 43.7 Å². The van der Waals surface area contributed by atoms with Crippen LogP contribution >= 0.6 is 0 Å². The van der Waals surface area contributed by atoms with Gasteiger partial charge in [-0.15, -0.1) is 0 Å². The molecule has 5 N–H and O–H groups in total. The minimum absolute atomic E-state index is 0.122. The van der Waals surface area contributed by atoms with Crippen molar-refractivity contribution in [2.75, 3.05) is 6.61 Å². The quantitative estimate of drug-likeness (QED) is 0.525. The molecule has 0 aliphatic heterocycles. The molecule has 1 aliphatic rings. The molecular formula is C16H22O6. The summed E-state index contributed by atoms with van der Waals surface area (Å²) in [6.07, 6.45) is 1.09. The molecule has 1 aromatic carbocycles. The van der Waals surface area contributed by atoms with Gasteiger partial charge < -0.3 is 30.3 Å². The van der Waals surface area contributed by atoms with Crippen molar-refractivity contribution in [1.29, 1.82) is 0 Å². The van der Waals surface area contributed by atoms with E-state index in [-0.39, 0.29) is 30.9 Å². The maximum atomic E-state index is 10.0. The van der Waals surface area contributed by atoms with E-state index >= 15 is 0 Å². The lowest BCUT2D eigenvalue weighted by molar-refractivity contribution is -0.162. The highest BCUT2D eigenvalue weighted by Gasteiger charge is 2.41. The van der Waals surface area contributed by atoms with Crippen molar-refractivity contribution in [3.63, 3.8) is 0 Å². The van der Waals surface area contributed by atoms with Crippen LogP contribution in [0.25, 0.3) is 6.08 Å². The van der Waals surface area contributed by atoms with Gasteiger partial charge in [-0.25, -0.2) is 0 Å². The molecule has 0 saturated heterocycles. The lowest BCUT2D eigenvalue weighted by atomic mass is 9.81. The van der Waals surface area contributed by atoms with Crippen molar-refractivity contribution < 1.29 is 30.3 Å². The number of ether oxygens (including phenoxy) is 1. The van der Waals surface area contributed by atoms with E-state index in [9.17, 15) is 25.5 Å². The molecule has 1 saturated carbocycles. The first-order valence-corrected chi connectivity index (χ1v) is 7.17. The van der Waals surface area contributed by atoms with E-state index in [4.69, 9.17) is 4.74 Å². The first-order chi connectivity index (χ1) is 10.3. The number of rotatable bonds is 4. The predicted molar refractivity (Wildman–Crippen MR) is 80.4 cm³/mol. The second-order valence-electron chi connectivity index (χ2n) is 5.99. The Kier molecular flexibility index (Phi) is 5.08. The Morgan fingerprint density at radius 2 is 1.95 bits per heavy atom. The Labute approximate surface area is 128 Å². The van der Waals surface area contributed by atoms with Gasteiger partial charge >= 0.3 is 0 Å². The van der Waals surface area contributed by atoms with E-state index in [0.717, 1.165) is 0 Å². The molecule has 0 heterocycles. The normalized spacial score (nSPS) is 32.5. The van der Waals surface area contributed by atoms with Crippen LogP contribution in [0.5, 0.6) is 11.5 Å². The molecule has 1 fully saturated rings. The largest absolute Gasteiger partial charge is 0.504 e. The van der Waals surface area contributed by atoms with Crippen molar-refractivity contribution in [2.24, 2.45) is 0 Å². The molecule has 6 heteroatoms. The van der Waals surface area contributed by atoms with Crippen LogP contribution in [0.3, 0.4) is 0 Å². The van der Waals surface area contributed by atoms with Gasteiger partial charge in [-0.05, 0) is 24.6 Å². The average Bonchev–Trinajstić information content (AvgIpc) is 2.43. The van der Waals surface area contributed by atoms with E-state index in [1.165, 1.54) is 12.1 Å². The molecule has 0 unspecified atom stereocenters. The first-order valence-electron chi connectivity index (χ1n) is 7.17. The molecular weight excluding hydrogens is 288 g/mol. The van der Waals surface area contributed by atoms with Gasteiger partial charge in [0, 0.05) is 12.8 Å². The standard InChI is InChI=1S/C16H22O6/c1-16(21)8-13(19)15(20)14(9-16)22-6-2-3-10-4-5-11(17)12(18)7-10/h2-5,7,13-15,17-21H,6,8-9H2,1H3/t13-,14-,15-,16+/m0/s1. The van der Waals surface area contributed by atoms with Crippen LogP contribution in [0.15, 0.2) is 24.3 Å². The fraction of sp³-hybridized carbons (Fsp3) is 0.500. The molecule has 2 rings (SSSR count). The topological polar surface area (TPSA) is 110 Å². The van der Waals surface area contributed by atoms with Gasteiger partial charge in [0.05, 0.1) is 24.4 Å². The van der Waals surface area contributed by atoms with E-state index in [2.05, 4.69) is 0 Å². The number of hydrogen-bond acceptors (Lipinski definition) is 6. The average molecular weight is 310 g/mol. The lowest BCUT2D eigenvalue weighted by Crippen LogP contribution is -2.52. The Hall–Kier alpha value is -1.60. The Morgan fingerprint density at radius 1 is 1.23 bits per heavy atom. The van der Waals surface area contributed by atoms with Gasteiger partial charge in [0.1, 0.15) is 6.10 Å². The van der Waals surface area contributed by atoms with Crippen molar-refractivity contribution in [3.05, 3.63) is 29.8 Å². The van der Waals surface area contributed by atoms with E-state index in [1.807, 2.05) is 0 Å². The SMILES string of the molecule is C[C@]1(O)C[C@H](OCC=Cc2ccc(O)c(O)c2)[C@@H](O)[C@@H](O)C1. The monoisotopic (exact) mass is 310 g/mol. The first kappa shape index (κ1) is 16.8. The highest BCUT2D eigenvalue weighted by Crippen LogP contribution is 2.30. The predicted octanol–water partition coefficient (Wildman–Crippen LogP) is 0.763. The second kappa shape index (κ2) is 6.66. The van der Waals surface area contributed by atoms with E-state index in [0.29, 0.717) is 5.56 Å². The zero-order valence-corrected chi connectivity index (χ0v) is 12.4. The summed E-state index contributed by atoms with van der Waals surface area (Å²) in [5.74, 6) is -0.389. The van der Waals surface area contributed by atoms with Gasteiger partial charge in [-0.1, -0.05) is 18.2 Å². The number of aliphatic hydroxyl groups is 3. The summed E-state index contributed by atoms with van der Waals surface area (Å²) in [5, 5.41) is 48.2. The summed E-state index contributed by atoms with van der Waals surface area (Å²) in [7, 11) is 0. The van der Waals surface area contributed by atoms with Crippen LogP contribution in [0.2, 0.25) is 0 Å². The third-order valence-electron chi connectivity index (χ3n) is 3.78. The van der Waals surface area contributed by atoms with E-state index < -0.39 is 23.9 Å². The van der Waals surface area contributed by atoms with Gasteiger partial charge in [0.2, 0.25) is 0 Å². The third kappa shape index (κ3) is 4.20. The van der Waals surface area contributed by atoms with Gasteiger partial charge in [0.25, 0.3) is 0 Å². The van der Waals surface area contributed by atoms with Crippen LogP contribution in [-0.2, 0) is 4.74 Å². The zero-order valence-electron chi connectivity index (χ0n) is 12.4. The highest BCUT2D eigenvalue weighted by atomic mass is 16.5. The molecule has 4 atom stereocenters. The van der Waals surface area contributed by atoms with Crippen molar-refractivity contribution in [3.8, 4) is 11.5 Å². The van der Waals surface area contributed by atoms with Crippen LogP contribution in [-0.4, -0.2) is 56.1 Å². The van der Waals surface area contributed by atoms with Crippen molar-refractivity contribution in [1.82, 2.24) is 0 Å². The summed E-state index contributed by atoms with van der Waals surface area (Å²) >= 11 is 0. The summed E-state index contributed by atoms with van der Waals surface area (Å²) in [6, 6.07) is 4.43. The molecule has 1 aromatic rings. The summed E-state index contributed by atoms with van der Waals surface area (Å²) in [5.41, 5.74) is -0.370. The molecule has 0 radical (unpaired) electrons. The maximum absolute atomic E-state index is 10.0. The molecule has 22 heavy (non-hydrogen) atoms. The molecule has 0 bridgehead atoms. The summed E-state index contributed by atoms with van der Waals surface area (Å²) < 4.78 is 5.51. The molecule has 0 spiro atoms. The highest BCUT2D eigenvalue weighted by molar-refractivity contribution is 5.55. The summed E-state index contributed by atoms with van der Waals surface area (Å²) in [4.78, 5) is 0. The van der Waals surface area contributed by atoms with Crippen LogP contribution in [0.4, 0.5) is 0 Å². The number of aliphatic hydroxyl groups excluding tert-OH is 2. The molecule has 122 valence electrons. The number of phenols is 2. The number of aromatic hydroxyl groups is 2. The van der Waals surface area contributed by atoms with Crippen LogP contribution in [0, 0.1) is 0 Å². The van der Waals surface area contributed by atoms with Crippen molar-refractivity contribution >= 4 is 6.08 Å². The number of phenolic OH excluding ortho intramolecular Hbond substituents is 2. The van der Waals surface area contributed by atoms with Gasteiger partial charge in [-0.2, -0.15) is 0 Å². The minimum Gasteiger partial charge on any atom is -0.504 e. The second-order valence-corrected chi connectivity index (χ2v) is 5.99. The van der Waals surface area contributed by atoms with Crippen LogP contribution < -0.4 is 0 Å². The van der Waals surface area contributed by atoms with Gasteiger partial charge in [-0.3, -0.25) is 0 Å². The molecule has 1 aliphatic carbocycles. The maximum Gasteiger partial charge on any atom is 0.157 e. The number of hydrogen-bond donors (Lipinski definition) is 5. The zero-order chi connectivity index (χ0) is 16.3. The molecule has 0 aromatic heterocycles. The molecule has 6 nitrogen and oxygen atoms in total. The fourth-order valence-electron chi connectivity index (χ4n) is 2.62. The third-order valence-corrected chi connectivity index (χ3v) is 3.78. The summed E-state index contributed by atoms with van der Waals surface area (Å²) in [6.45, 7) is 1.79. The number of benzene rings is 1. The van der Waals surface area contributed by atoms with E-state index in [1.54, 1.807) is 25.1 Å². The Balaban J connectivity index is 1.89. The molecule has 0 amide bonds. The Morgan fingerprint density at radius 3 is 2.64 bits per heavy atom. The van der Waals surface area contributed by atoms with Gasteiger partial charge in [0.15, 0.2) is 11.5 Å². The smallest absolute Gasteiger partial charge is 0.157 e. The fourth-order valence-corrected chi connectivity index (χ4v) is 2.62. The minimum atomic E-state index is -1.06. The lowest BCUT2D eigenvalue weighted by Gasteiger charge is -2.40. The Bertz CT molecular complexity index is 539. The van der Waals surface area contributed by atoms with Crippen LogP contribution in [0.1, 0.15) is 25.3 Å².